The molecule has 0 aliphatic heterocycles. The van der Waals surface area contributed by atoms with Gasteiger partial charge in [-0.1, -0.05) is 27.7 Å². The topological polar surface area (TPSA) is 0 Å². The molecule has 2 saturated carbocycles. The monoisotopic (exact) mass is 1280 g/mol. The second kappa shape index (κ2) is 25.3. The van der Waals surface area contributed by atoms with Crippen LogP contribution >= 0.6 is 0 Å². The summed E-state index contributed by atoms with van der Waals surface area (Å²) in [5, 5.41) is 0. The standard InChI is InChI=1S/3C12F9.2C7H9.CH3.Al.FH.Zr/c3*13-3-1-2(5(14)9(18)6(3)15)4-7(16)10(19)12(21)11(20)8(4)17;2*1-6-4-3-5-7(6)2;;;;/h;;;2*3-5H,1-2H3;1H3;;1H;/q;;;;;-1;;;+2/p-1. The first-order chi connectivity index (χ1) is 36.6. The Balaban J connectivity index is 0.000000767. The van der Waals surface area contributed by atoms with Gasteiger partial charge in [-0.15, -0.1) is 13.3 Å². The van der Waals surface area contributed by atoms with E-state index in [9.17, 15) is 39.5 Å². The number of benzene rings is 6. The second-order valence-electron chi connectivity index (χ2n) is 16.5. The SMILES string of the molecule is C[C]1[CH][CH][CH][C]1C.C[C]1[CH][CH][CH][C]1C.Fc1c(F)c(F)c(-c2c(F)c(F)c(F)c(F)[c]2[Al-]([F])([c]2c(F)c(F)c(F)c(F)c2-c2c(F)c(F)c(F)c(F)c2F)[c]2c(F)c(F)c(F)c(F)c2-c2c(F)c(F)c(F)c(F)c2F)c(F)c1F.[CH3-].[Zr+2]. The fourth-order valence-corrected chi connectivity index (χ4v) is 12.2. The molecule has 0 spiro atoms. The fraction of sp³-hybridized carbons (Fsp3) is 0.0784. The summed E-state index contributed by atoms with van der Waals surface area (Å²) < 4.78 is 418. The van der Waals surface area contributed by atoms with Gasteiger partial charge >= 0.3 is 39.7 Å². The molecule has 10 radical (unpaired) electrons. The number of halogens is 28. The van der Waals surface area contributed by atoms with E-state index in [0.717, 1.165) is 0 Å². The summed E-state index contributed by atoms with van der Waals surface area (Å²) in [4.78, 5) is 0. The first kappa shape index (κ1) is 68.3. The van der Waals surface area contributed by atoms with Gasteiger partial charge in [-0.25, -0.2) is 119 Å². The number of hydrogen-bond acceptors (Lipinski definition) is 0. The van der Waals surface area contributed by atoms with Crippen LogP contribution in [-0.4, -0.2) is 13.5 Å². The third-order valence-electron chi connectivity index (χ3n) is 12.1. The van der Waals surface area contributed by atoms with Crippen LogP contribution in [0.5, 0.6) is 0 Å². The van der Waals surface area contributed by atoms with Gasteiger partial charge in [-0.2, -0.15) is 0 Å². The van der Waals surface area contributed by atoms with Gasteiger partial charge in [0.1, 0.15) is 17.5 Å². The zero-order chi connectivity index (χ0) is 59.8. The molecule has 2 aliphatic carbocycles. The van der Waals surface area contributed by atoms with Gasteiger partial charge < -0.3 is 11.0 Å². The minimum atomic E-state index is -10.3. The van der Waals surface area contributed by atoms with Crippen LogP contribution in [0.25, 0.3) is 33.4 Å². The van der Waals surface area contributed by atoms with Gasteiger partial charge in [0.15, 0.2) is 122 Å². The second-order valence-corrected chi connectivity index (χ2v) is 19.8. The van der Waals surface area contributed by atoms with Crippen LogP contribution in [0.4, 0.5) is 122 Å². The summed E-state index contributed by atoms with van der Waals surface area (Å²) in [5.74, 6) is -95.7. The molecule has 2 aliphatic rings. The Kier molecular flexibility index (Phi) is 21.3. The maximum Gasteiger partial charge on any atom is 2.00 e. The molecular formula is C51H21AlF28Zr. The minimum Gasteiger partial charge on any atom is -0.581 e. The largest absolute Gasteiger partial charge is 2.00 e. The van der Waals surface area contributed by atoms with Gasteiger partial charge in [0, 0.05) is 0 Å². The Morgan fingerprint density at radius 3 is 0.469 bits per heavy atom. The Morgan fingerprint density at radius 2 is 0.333 bits per heavy atom. The minimum absolute atomic E-state index is 0. The van der Waals surface area contributed by atoms with E-state index in [1.165, 1.54) is 23.7 Å². The van der Waals surface area contributed by atoms with Gasteiger partial charge in [-0.3, -0.25) is 0 Å². The average molecular weight is 1280 g/mol. The molecule has 30 heteroatoms. The van der Waals surface area contributed by atoms with E-state index >= 15 is 82.6 Å². The van der Waals surface area contributed by atoms with Gasteiger partial charge in [0.05, 0.1) is 16.7 Å². The Labute approximate surface area is 461 Å². The van der Waals surface area contributed by atoms with Crippen molar-refractivity contribution < 1.29 is 148 Å². The molecule has 0 unspecified atom stereocenters. The van der Waals surface area contributed by atoms with Crippen molar-refractivity contribution in [3.63, 3.8) is 0 Å². The van der Waals surface area contributed by atoms with Gasteiger partial charge in [-0.05, 0) is 78.9 Å². The Hall–Kier alpha value is -5.22. The van der Waals surface area contributed by atoms with Crippen molar-refractivity contribution in [3.8, 4) is 33.4 Å². The molecule has 0 amide bonds. The Bertz CT molecular complexity index is 3040. The summed E-state index contributed by atoms with van der Waals surface area (Å²) in [6.45, 7) is 8.48. The van der Waals surface area contributed by atoms with Crippen LogP contribution in [0.1, 0.15) is 27.7 Å². The van der Waals surface area contributed by atoms with E-state index in [0.29, 0.717) is 0 Å². The van der Waals surface area contributed by atoms with Crippen molar-refractivity contribution in [2.45, 2.75) is 27.7 Å². The molecule has 0 heterocycles. The molecule has 0 aromatic heterocycles. The quantitative estimate of drug-likeness (QED) is 0.0513. The van der Waals surface area contributed by atoms with Crippen LogP contribution in [-0.2, 0) is 26.2 Å². The number of rotatable bonds is 6. The molecule has 2 fully saturated rings. The van der Waals surface area contributed by atoms with Crippen LogP contribution in [0.15, 0.2) is 0 Å². The van der Waals surface area contributed by atoms with Crippen molar-refractivity contribution in [1.82, 2.24) is 0 Å². The molecule has 0 nitrogen and oxygen atoms in total. The predicted molar refractivity (Wildman–Crippen MR) is 228 cm³/mol. The molecule has 0 bridgehead atoms. The zero-order valence-electron chi connectivity index (χ0n) is 40.1. The van der Waals surface area contributed by atoms with Crippen LogP contribution in [0, 0.1) is 227 Å². The van der Waals surface area contributed by atoms with Crippen LogP contribution in [0.2, 0.25) is 0 Å². The smallest absolute Gasteiger partial charge is 0.581 e. The van der Waals surface area contributed by atoms with E-state index in [-0.39, 0.29) is 33.6 Å². The summed E-state index contributed by atoms with van der Waals surface area (Å²) in [6, 6.07) is 0. The molecule has 0 N–H and O–H groups in total. The first-order valence-electron chi connectivity index (χ1n) is 20.9. The first-order valence-corrected chi connectivity index (χ1v) is 23.1. The molecule has 0 saturated heterocycles. The fourth-order valence-electron chi connectivity index (χ4n) is 7.91. The van der Waals surface area contributed by atoms with Gasteiger partial charge in [0.2, 0.25) is 17.5 Å². The van der Waals surface area contributed by atoms with E-state index in [1.807, 2.05) is 0 Å². The average Bonchev–Trinajstić information content (AvgIpc) is 4.02. The number of hydrogen-bond donors (Lipinski definition) is 0. The molecule has 8 rings (SSSR count). The van der Waals surface area contributed by atoms with Crippen molar-refractivity contribution in [2.75, 3.05) is 0 Å². The summed E-state index contributed by atoms with van der Waals surface area (Å²) in [7, 11) is 0. The van der Waals surface area contributed by atoms with Crippen molar-refractivity contribution in [1.29, 1.82) is 0 Å². The van der Waals surface area contributed by atoms with Crippen molar-refractivity contribution in [2.24, 2.45) is 0 Å². The summed E-state index contributed by atoms with van der Waals surface area (Å²) >= 11 is -10.3. The van der Waals surface area contributed by atoms with Crippen LogP contribution in [0.3, 0.4) is 0 Å². The third-order valence-corrected chi connectivity index (χ3v) is 16.1. The van der Waals surface area contributed by atoms with Crippen molar-refractivity contribution >= 4 is 26.8 Å². The van der Waals surface area contributed by atoms with E-state index < -0.39 is 217 Å². The normalized spacial score (nSPS) is 14.2. The zero-order valence-corrected chi connectivity index (χ0v) is 43.7. The van der Waals surface area contributed by atoms with Crippen LogP contribution < -0.4 is 13.3 Å². The van der Waals surface area contributed by atoms with Crippen molar-refractivity contribution in [3.05, 3.63) is 227 Å². The predicted octanol–water partition coefficient (Wildman–Crippen LogP) is 15.4. The maximum absolute atomic E-state index is 19.3. The molecule has 6 aromatic carbocycles. The van der Waals surface area contributed by atoms with E-state index in [4.69, 9.17) is 0 Å². The van der Waals surface area contributed by atoms with E-state index in [2.05, 4.69) is 66.2 Å². The molecule has 0 atom stereocenters. The molecule has 81 heavy (non-hydrogen) atoms. The summed E-state index contributed by atoms with van der Waals surface area (Å²) in [5.41, 5.74) is -21.8. The maximum atomic E-state index is 19.3. The molecular weight excluding hydrogens is 1260 g/mol. The third kappa shape index (κ3) is 11.1. The Morgan fingerprint density at radius 1 is 0.210 bits per heavy atom. The molecule has 6 aromatic rings. The van der Waals surface area contributed by atoms with Gasteiger partial charge in [0.25, 0.3) is 0 Å². The summed E-state index contributed by atoms with van der Waals surface area (Å²) in [6.07, 6.45) is 12.6. The molecule has 428 valence electrons. The van der Waals surface area contributed by atoms with E-state index in [1.54, 1.807) is 0 Å².